The average Bonchev–Trinajstić information content (AvgIpc) is 1.59. The third-order valence-electron chi connectivity index (χ3n) is 19.3. The first-order valence-electron chi connectivity index (χ1n) is 35.0. The molecule has 530 valence electrons. The summed E-state index contributed by atoms with van der Waals surface area (Å²) in [4.78, 5) is 53.3. The van der Waals surface area contributed by atoms with Crippen molar-refractivity contribution in [2.75, 3.05) is 13.3 Å². The molecule has 0 amide bonds. The molecule has 110 heavy (non-hydrogen) atoms. The molecule has 0 bridgehead atoms. The van der Waals surface area contributed by atoms with Crippen molar-refractivity contribution in [2.45, 2.75) is 27.1 Å². The summed E-state index contributed by atoms with van der Waals surface area (Å²) in [6.45, 7) is 5.30. The fraction of sp³-hybridized carbons (Fsp3) is 0.0714. The van der Waals surface area contributed by atoms with Crippen LogP contribution in [-0.2, 0) is 19.7 Å². The highest BCUT2D eigenvalue weighted by Crippen LogP contribution is 2.42. The Morgan fingerprint density at radius 1 is 0.409 bits per heavy atom. The molecule has 0 fully saturated rings. The fourth-order valence-corrected chi connectivity index (χ4v) is 15.6. The number of H-pyrrole nitrogens is 5. The Hall–Kier alpha value is -13.4. The van der Waals surface area contributed by atoms with Gasteiger partial charge in [-0.05, 0) is 128 Å². The Morgan fingerprint density at radius 3 is 1.25 bits per heavy atom. The number of aliphatic hydroxyl groups is 1. The molecule has 26 heteroatoms. The van der Waals surface area contributed by atoms with Crippen LogP contribution in [0.1, 0.15) is 24.1 Å². The van der Waals surface area contributed by atoms with E-state index in [9.17, 15) is 5.11 Å². The lowest BCUT2D eigenvalue weighted by Crippen LogP contribution is -1.97. The number of imidazole rings is 6. The van der Waals surface area contributed by atoms with Crippen LogP contribution in [0.5, 0.6) is 0 Å². The maximum absolute atomic E-state index is 9.72. The molecule has 2 atom stereocenters. The van der Waals surface area contributed by atoms with Crippen LogP contribution in [0.15, 0.2) is 275 Å². The van der Waals surface area contributed by atoms with Crippen LogP contribution in [0.4, 0.5) is 0 Å². The third kappa shape index (κ3) is 13.4. The van der Waals surface area contributed by atoms with E-state index in [1.165, 1.54) is 5.39 Å². The van der Waals surface area contributed by atoms with E-state index >= 15 is 0 Å². The van der Waals surface area contributed by atoms with Gasteiger partial charge in [-0.1, -0.05) is 135 Å². The summed E-state index contributed by atoms with van der Waals surface area (Å²) in [5.41, 5.74) is 20.1. The normalized spacial score (nSPS) is 12.0. The molecule has 0 spiro atoms. The van der Waals surface area contributed by atoms with Crippen LogP contribution in [0.2, 0.25) is 0 Å². The number of nitrogens with one attached hydrogen (secondary N) is 5. The summed E-state index contributed by atoms with van der Waals surface area (Å²) < 4.78 is 7.88. The van der Waals surface area contributed by atoms with Crippen molar-refractivity contribution in [3.05, 3.63) is 292 Å². The molecule has 4 radical (unpaired) electrons. The van der Waals surface area contributed by atoms with Gasteiger partial charge in [0, 0.05) is 129 Å². The van der Waals surface area contributed by atoms with E-state index in [0.29, 0.717) is 18.9 Å². The van der Waals surface area contributed by atoms with Crippen LogP contribution in [0.3, 0.4) is 0 Å². The number of rotatable bonds is 13. The quantitative estimate of drug-likeness (QED) is 0.0463. The van der Waals surface area contributed by atoms with Gasteiger partial charge in [0.05, 0.1) is 88.3 Å². The largest absolute Gasteiger partial charge is 0.392 e. The standard InChI is InChI=1S/C28H21BN7P.C27H19N7.C25H19BN5OP.C3H4N2.CH4/c1-37(29)36-25-10-9-18(23-15-31-14-19-5-2-3-7-21(19)23)13-22(25)27(34-36)28-32-24-8-4-6-20(26(24)33-28)16-35-12-11-30-17-35;1-2-6-20-18(4-1)13-29-14-22(20)17-8-9-23-21(12-17)26(33-32-23)27-30-24-7-3-5-19(25(24)31-27)15-34-11-10-28-16-34;1-33(26)31-22-10-9-15(20-13-27-12-16-5-2-3-7-18(16)20)11-19(22)24(30-31)25-28-21-8-4-6-17(14-32)23(21)29-25;1-2-5-3-4-1;/h2-15,17H,16H2,1H3,(H,32,33);1-14,16H,15H2,(H,30,31)(H,32,33);2-13,32H,14H2,1H3,(H,28,29);1-3H,(H,4,5);1H4. The Morgan fingerprint density at radius 2 is 0.836 bits per heavy atom. The molecule has 0 aliphatic rings. The minimum absolute atomic E-state index is 0. The number of para-hydroxylation sites is 3. The molecular formula is C84H67B2N21OP2. The minimum Gasteiger partial charge on any atom is -0.392 e. The zero-order chi connectivity index (χ0) is 73.5. The van der Waals surface area contributed by atoms with Crippen molar-refractivity contribution in [3.63, 3.8) is 0 Å². The van der Waals surface area contributed by atoms with Gasteiger partial charge in [0.15, 0.2) is 17.5 Å². The maximum atomic E-state index is 9.72. The van der Waals surface area contributed by atoms with E-state index in [1.807, 2.05) is 160 Å². The number of fused-ring (bicyclic) bond motifs is 9. The van der Waals surface area contributed by atoms with Crippen LogP contribution in [-0.4, -0.2) is 137 Å². The topological polar surface area (TPSA) is 274 Å². The lowest BCUT2D eigenvalue weighted by atomic mass is 9.99. The van der Waals surface area contributed by atoms with Gasteiger partial charge in [-0.15, -0.1) is 0 Å². The van der Waals surface area contributed by atoms with Gasteiger partial charge in [0.25, 0.3) is 0 Å². The molecule has 0 aliphatic heterocycles. The highest BCUT2D eigenvalue weighted by molar-refractivity contribution is 7.80. The van der Waals surface area contributed by atoms with E-state index in [1.54, 1.807) is 31.1 Å². The van der Waals surface area contributed by atoms with E-state index in [4.69, 9.17) is 40.3 Å². The second kappa shape index (κ2) is 30.1. The van der Waals surface area contributed by atoms with E-state index < -0.39 is 15.9 Å². The number of nitrogens with zero attached hydrogens (tertiary/aromatic N) is 16. The van der Waals surface area contributed by atoms with Crippen LogP contribution in [0, 0.1) is 0 Å². The van der Waals surface area contributed by atoms with Gasteiger partial charge in [-0.3, -0.25) is 29.0 Å². The SMILES string of the molecule is C.[B]P(C)n1nc(-c2nc3c(CO)cccc3[nH]2)c2cc(-c3cncc4ccccc34)ccc21.[B]P(C)n1nc(-c2nc3c(Cn4ccnc4)cccc3[nH]2)c2cc(-c3cncc4ccccc34)ccc21.c1c[nH]cn1.c1ccc2c(-c3ccc4[nH]nc(-c5nc6c(Cn7ccnc7)cccc6[nH]5)c4c3)cncc2c1. The lowest BCUT2D eigenvalue weighted by molar-refractivity contribution is 0.283. The van der Waals surface area contributed by atoms with Crippen molar-refractivity contribution >= 4 is 129 Å². The summed E-state index contributed by atoms with van der Waals surface area (Å²) in [6, 6.07) is 62.0. The Labute approximate surface area is 634 Å². The van der Waals surface area contributed by atoms with Crippen molar-refractivity contribution in [1.29, 1.82) is 0 Å². The molecule has 0 saturated heterocycles. The summed E-state index contributed by atoms with van der Waals surface area (Å²) in [5, 5.41) is 37.1. The van der Waals surface area contributed by atoms with Crippen molar-refractivity contribution in [2.24, 2.45) is 0 Å². The van der Waals surface area contributed by atoms with E-state index in [-0.39, 0.29) is 14.0 Å². The Balaban J connectivity index is 0.000000116. The molecule has 9 aromatic carbocycles. The number of benzene rings is 9. The second-order valence-corrected chi connectivity index (χ2v) is 29.3. The summed E-state index contributed by atoms with van der Waals surface area (Å²) in [6.07, 6.45) is 27.6. The summed E-state index contributed by atoms with van der Waals surface area (Å²) in [7, 11) is 10.7. The molecule has 21 aromatic rings. The number of hydrogen-bond donors (Lipinski definition) is 6. The molecule has 12 aromatic heterocycles. The molecule has 6 N–H and O–H groups in total. The zero-order valence-electron chi connectivity index (χ0n) is 58.8. The maximum Gasteiger partial charge on any atom is 0.159 e. The zero-order valence-corrected chi connectivity index (χ0v) is 60.5. The summed E-state index contributed by atoms with van der Waals surface area (Å²) in [5.74, 6) is 2.12. The minimum atomic E-state index is -0.979. The predicted molar refractivity (Wildman–Crippen MR) is 445 cm³/mol. The average molecular weight is 1470 g/mol. The second-order valence-electron chi connectivity index (χ2n) is 26.2. The van der Waals surface area contributed by atoms with E-state index in [0.717, 1.165) is 172 Å². The molecule has 2 unspecified atom stereocenters. The van der Waals surface area contributed by atoms with Crippen molar-refractivity contribution in [1.82, 2.24) is 103 Å². The van der Waals surface area contributed by atoms with Gasteiger partial charge < -0.3 is 34.2 Å². The van der Waals surface area contributed by atoms with Crippen LogP contribution < -0.4 is 0 Å². The third-order valence-corrected chi connectivity index (χ3v) is 21.1. The molecule has 22 nitrogen and oxygen atoms in total. The molecule has 12 heterocycles. The fourth-order valence-electron chi connectivity index (χ4n) is 14.1. The highest BCUT2D eigenvalue weighted by atomic mass is 31.1. The summed E-state index contributed by atoms with van der Waals surface area (Å²) >= 11 is 0. The predicted octanol–water partition coefficient (Wildman–Crippen LogP) is 17.9. The number of aromatic amines is 5. The van der Waals surface area contributed by atoms with Gasteiger partial charge in [-0.2, -0.15) is 15.3 Å². The smallest absolute Gasteiger partial charge is 0.159 e. The highest BCUT2D eigenvalue weighted by Gasteiger charge is 2.23. The number of pyridine rings is 3. The molecule has 0 aliphatic carbocycles. The number of aromatic nitrogens is 21. The van der Waals surface area contributed by atoms with E-state index in [2.05, 4.69) is 175 Å². The number of hydrogen-bond acceptors (Lipinski definition) is 13. The van der Waals surface area contributed by atoms with Crippen molar-refractivity contribution < 1.29 is 5.11 Å². The first kappa shape index (κ1) is 69.6. The monoisotopic (exact) mass is 1470 g/mol. The first-order chi connectivity index (χ1) is 53.6. The molecular weight excluding hydrogens is 1400 g/mol. The lowest BCUT2D eigenvalue weighted by Gasteiger charge is -2.09. The Bertz CT molecular complexity index is 6830. The van der Waals surface area contributed by atoms with Gasteiger partial charge in [-0.25, -0.2) is 29.9 Å². The first-order valence-corrected chi connectivity index (χ1v) is 38.6. The van der Waals surface area contributed by atoms with Gasteiger partial charge in [0.2, 0.25) is 0 Å². The Kier molecular flexibility index (Phi) is 19.1. The van der Waals surface area contributed by atoms with Crippen LogP contribution >= 0.6 is 15.9 Å². The molecule has 21 rings (SSSR count). The number of aliphatic hydroxyl groups excluding tert-OH is 1. The van der Waals surface area contributed by atoms with Gasteiger partial charge >= 0.3 is 0 Å². The van der Waals surface area contributed by atoms with Gasteiger partial charge in [0.1, 0.15) is 32.2 Å². The van der Waals surface area contributed by atoms with Crippen molar-refractivity contribution in [3.8, 4) is 67.9 Å². The van der Waals surface area contributed by atoms with Crippen LogP contribution in [0.25, 0.3) is 166 Å². The molecule has 0 saturated carbocycles.